The van der Waals surface area contributed by atoms with Gasteiger partial charge in [-0.1, -0.05) is 27.5 Å². The van der Waals surface area contributed by atoms with Crippen molar-refractivity contribution < 1.29 is 9.59 Å². The van der Waals surface area contributed by atoms with Gasteiger partial charge in [-0.05, 0) is 25.1 Å². The summed E-state index contributed by atoms with van der Waals surface area (Å²) < 4.78 is 2.36. The smallest absolute Gasteiger partial charge is 0.299 e. The molecule has 0 fully saturated rings. The normalized spacial score (nSPS) is 14.0. The fourth-order valence-electron chi connectivity index (χ4n) is 2.44. The number of hydrogen-bond donors (Lipinski definition) is 0. The van der Waals surface area contributed by atoms with Gasteiger partial charge in [0.25, 0.3) is 11.7 Å². The number of Topliss-reactive ketones (excluding diaryl/α,β-unsaturated/α-hetero) is 1. The zero-order valence-electron chi connectivity index (χ0n) is 11.4. The number of amides is 1. The fourth-order valence-corrected chi connectivity index (χ4v) is 3.02. The van der Waals surface area contributed by atoms with Crippen LogP contribution in [0.3, 0.4) is 0 Å². The van der Waals surface area contributed by atoms with Crippen molar-refractivity contribution in [2.24, 2.45) is 7.05 Å². The third-order valence-electron chi connectivity index (χ3n) is 3.52. The molecule has 7 heteroatoms. The van der Waals surface area contributed by atoms with Crippen LogP contribution in [-0.2, 0) is 18.4 Å². The molecule has 1 aliphatic heterocycles. The van der Waals surface area contributed by atoms with Crippen molar-refractivity contribution in [3.8, 4) is 0 Å². The quantitative estimate of drug-likeness (QED) is 0.766. The van der Waals surface area contributed by atoms with Crippen LogP contribution in [0, 0.1) is 6.92 Å². The molecule has 0 saturated heterocycles. The van der Waals surface area contributed by atoms with E-state index in [4.69, 9.17) is 11.6 Å². The molecule has 2 heterocycles. The highest BCUT2D eigenvalue weighted by Crippen LogP contribution is 2.34. The molecule has 0 bridgehead atoms. The number of anilines is 1. The lowest BCUT2D eigenvalue weighted by Gasteiger charge is -2.16. The molecular weight excluding hydrogens is 358 g/mol. The van der Waals surface area contributed by atoms with Crippen LogP contribution < -0.4 is 4.90 Å². The van der Waals surface area contributed by atoms with Crippen molar-refractivity contribution in [1.82, 2.24) is 9.78 Å². The van der Waals surface area contributed by atoms with E-state index in [1.165, 1.54) is 4.90 Å². The summed E-state index contributed by atoms with van der Waals surface area (Å²) >= 11 is 9.56. The summed E-state index contributed by atoms with van der Waals surface area (Å²) in [5.41, 5.74) is 2.50. The number of benzene rings is 1. The van der Waals surface area contributed by atoms with Crippen molar-refractivity contribution in [2.45, 2.75) is 13.5 Å². The number of carbonyl (C=O) groups excluding carboxylic acids is 2. The molecule has 3 rings (SSSR count). The van der Waals surface area contributed by atoms with E-state index in [0.29, 0.717) is 16.4 Å². The molecule has 0 unspecified atom stereocenters. The molecule has 0 atom stereocenters. The average molecular weight is 369 g/mol. The minimum Gasteiger partial charge on any atom is -0.300 e. The van der Waals surface area contributed by atoms with Crippen LogP contribution >= 0.6 is 27.5 Å². The Bertz CT molecular complexity index is 785. The Labute approximate surface area is 134 Å². The maximum absolute atomic E-state index is 12.2. The summed E-state index contributed by atoms with van der Waals surface area (Å²) in [6.07, 6.45) is 0. The summed E-state index contributed by atoms with van der Waals surface area (Å²) in [5, 5.41) is 4.69. The zero-order valence-corrected chi connectivity index (χ0v) is 13.7. The molecule has 1 aromatic carbocycles. The number of ketones is 1. The van der Waals surface area contributed by atoms with Gasteiger partial charge in [0.2, 0.25) is 0 Å². The van der Waals surface area contributed by atoms with E-state index in [2.05, 4.69) is 21.0 Å². The summed E-state index contributed by atoms with van der Waals surface area (Å²) in [7, 11) is 1.74. The maximum atomic E-state index is 12.2. The summed E-state index contributed by atoms with van der Waals surface area (Å²) in [6, 6.07) is 5.16. The van der Waals surface area contributed by atoms with Gasteiger partial charge in [0.15, 0.2) is 0 Å². The Hall–Kier alpha value is -1.66. The Morgan fingerprint density at radius 2 is 2.05 bits per heavy atom. The highest BCUT2D eigenvalue weighted by atomic mass is 79.9. The number of aryl methyl sites for hydroxylation is 2. The Morgan fingerprint density at radius 3 is 2.67 bits per heavy atom. The first kappa shape index (κ1) is 14.3. The lowest BCUT2D eigenvalue weighted by molar-refractivity contribution is -0.114. The molecule has 0 aliphatic carbocycles. The van der Waals surface area contributed by atoms with E-state index in [0.717, 1.165) is 15.7 Å². The molecule has 2 aromatic rings. The minimum absolute atomic E-state index is 0.229. The van der Waals surface area contributed by atoms with Crippen molar-refractivity contribution in [2.75, 3.05) is 4.90 Å². The molecule has 1 amide bonds. The van der Waals surface area contributed by atoms with Gasteiger partial charge < -0.3 is 4.90 Å². The molecular formula is C14H11BrClN3O2. The van der Waals surface area contributed by atoms with Gasteiger partial charge in [0, 0.05) is 17.1 Å². The maximum Gasteiger partial charge on any atom is 0.299 e. The average Bonchev–Trinajstić information content (AvgIpc) is 2.81. The van der Waals surface area contributed by atoms with Gasteiger partial charge in [-0.2, -0.15) is 5.10 Å². The van der Waals surface area contributed by atoms with E-state index < -0.39 is 11.7 Å². The third-order valence-corrected chi connectivity index (χ3v) is 4.49. The molecule has 21 heavy (non-hydrogen) atoms. The second-order valence-corrected chi connectivity index (χ2v) is 6.13. The monoisotopic (exact) mass is 367 g/mol. The van der Waals surface area contributed by atoms with Crippen molar-refractivity contribution in [3.63, 3.8) is 0 Å². The standard InChI is InChI=1S/C14H11BrClN3O2/c1-7-10(13(16)18(2)17-7)6-19-11-5-8(15)3-4-9(11)12(20)14(19)21/h3-5H,6H2,1-2H3. The van der Waals surface area contributed by atoms with Crippen LogP contribution in [0.4, 0.5) is 5.69 Å². The van der Waals surface area contributed by atoms with E-state index in [1.54, 1.807) is 29.9 Å². The Balaban J connectivity index is 2.06. The van der Waals surface area contributed by atoms with E-state index in [9.17, 15) is 9.59 Å². The highest BCUT2D eigenvalue weighted by molar-refractivity contribution is 9.10. The molecule has 0 spiro atoms. The number of halogens is 2. The fraction of sp³-hybridized carbons (Fsp3) is 0.214. The van der Waals surface area contributed by atoms with Crippen LogP contribution in [0.1, 0.15) is 21.6 Å². The zero-order chi connectivity index (χ0) is 15.3. The predicted molar refractivity (Wildman–Crippen MR) is 82.6 cm³/mol. The number of rotatable bonds is 2. The van der Waals surface area contributed by atoms with Gasteiger partial charge in [0.05, 0.1) is 23.5 Å². The van der Waals surface area contributed by atoms with Gasteiger partial charge in [0.1, 0.15) is 5.15 Å². The third kappa shape index (κ3) is 2.18. The highest BCUT2D eigenvalue weighted by Gasteiger charge is 2.36. The molecule has 0 saturated carbocycles. The molecule has 0 radical (unpaired) electrons. The Morgan fingerprint density at radius 1 is 1.33 bits per heavy atom. The summed E-state index contributed by atoms with van der Waals surface area (Å²) in [4.78, 5) is 25.7. The largest absolute Gasteiger partial charge is 0.300 e. The van der Waals surface area contributed by atoms with Crippen LogP contribution in [-0.4, -0.2) is 21.5 Å². The summed E-state index contributed by atoms with van der Waals surface area (Å²) in [6.45, 7) is 2.05. The second kappa shape index (κ2) is 4.96. The number of carbonyl (C=O) groups is 2. The van der Waals surface area contributed by atoms with Gasteiger partial charge in [-0.25, -0.2) is 0 Å². The van der Waals surface area contributed by atoms with Crippen molar-refractivity contribution in [3.05, 3.63) is 44.6 Å². The van der Waals surface area contributed by atoms with Crippen molar-refractivity contribution >= 4 is 44.9 Å². The van der Waals surface area contributed by atoms with Crippen LogP contribution in [0.15, 0.2) is 22.7 Å². The first-order valence-corrected chi connectivity index (χ1v) is 7.41. The minimum atomic E-state index is -0.539. The number of hydrogen-bond acceptors (Lipinski definition) is 3. The van der Waals surface area contributed by atoms with Crippen LogP contribution in [0.25, 0.3) is 0 Å². The lowest BCUT2D eigenvalue weighted by atomic mass is 10.1. The first-order chi connectivity index (χ1) is 9.90. The van der Waals surface area contributed by atoms with Gasteiger partial charge >= 0.3 is 0 Å². The summed E-state index contributed by atoms with van der Waals surface area (Å²) in [5.74, 6) is -1.03. The first-order valence-electron chi connectivity index (χ1n) is 6.24. The van der Waals surface area contributed by atoms with E-state index in [1.807, 2.05) is 6.92 Å². The second-order valence-electron chi connectivity index (χ2n) is 4.86. The molecule has 0 N–H and O–H groups in total. The lowest BCUT2D eigenvalue weighted by Crippen LogP contribution is -2.29. The number of aromatic nitrogens is 2. The SMILES string of the molecule is Cc1nn(C)c(Cl)c1CN1C(=O)C(=O)c2ccc(Br)cc21. The molecule has 5 nitrogen and oxygen atoms in total. The molecule has 108 valence electrons. The van der Waals surface area contributed by atoms with Crippen molar-refractivity contribution in [1.29, 1.82) is 0 Å². The van der Waals surface area contributed by atoms with E-state index in [-0.39, 0.29) is 6.54 Å². The van der Waals surface area contributed by atoms with E-state index >= 15 is 0 Å². The van der Waals surface area contributed by atoms with Crippen LogP contribution in [0.2, 0.25) is 5.15 Å². The van der Waals surface area contributed by atoms with Gasteiger partial charge in [-0.15, -0.1) is 0 Å². The topological polar surface area (TPSA) is 55.2 Å². The molecule has 1 aromatic heterocycles. The van der Waals surface area contributed by atoms with Crippen LogP contribution in [0.5, 0.6) is 0 Å². The Kier molecular flexibility index (Phi) is 3.37. The number of nitrogens with zero attached hydrogens (tertiary/aromatic N) is 3. The number of fused-ring (bicyclic) bond motifs is 1. The predicted octanol–water partition coefficient (Wildman–Crippen LogP) is 2.87. The van der Waals surface area contributed by atoms with Gasteiger partial charge in [-0.3, -0.25) is 14.3 Å². The molecule has 1 aliphatic rings.